The van der Waals surface area contributed by atoms with Crippen molar-refractivity contribution in [1.29, 1.82) is 0 Å². The molecule has 1 fully saturated rings. The lowest BCUT2D eigenvalue weighted by Crippen LogP contribution is -2.51. The van der Waals surface area contributed by atoms with Gasteiger partial charge in [0, 0.05) is 31.7 Å². The fourth-order valence-electron chi connectivity index (χ4n) is 3.81. The van der Waals surface area contributed by atoms with Crippen molar-refractivity contribution in [3.8, 4) is 16.3 Å². The van der Waals surface area contributed by atoms with Crippen LogP contribution in [-0.2, 0) is 9.59 Å². The molecule has 9 heteroatoms. The SMILES string of the molecule is Cc1ccc(C)c(OCC(=O)N2CCN(CC(=O)Nc3nnc(-c4ccccc4C)s3)CC2)c1. The van der Waals surface area contributed by atoms with Gasteiger partial charge in [-0.3, -0.25) is 19.8 Å². The van der Waals surface area contributed by atoms with Crippen LogP contribution < -0.4 is 10.1 Å². The number of aromatic nitrogens is 2. The van der Waals surface area contributed by atoms with Crippen LogP contribution in [0.25, 0.3) is 10.6 Å². The number of benzene rings is 2. The Labute approximate surface area is 203 Å². The molecule has 1 aromatic heterocycles. The minimum Gasteiger partial charge on any atom is -0.483 e. The number of amides is 2. The van der Waals surface area contributed by atoms with Gasteiger partial charge in [-0.1, -0.05) is 47.7 Å². The third-order valence-corrected chi connectivity index (χ3v) is 6.71. The Morgan fingerprint density at radius 1 is 1.00 bits per heavy atom. The number of anilines is 1. The van der Waals surface area contributed by atoms with Crippen molar-refractivity contribution in [3.05, 3.63) is 59.2 Å². The van der Waals surface area contributed by atoms with E-state index in [9.17, 15) is 9.59 Å². The van der Waals surface area contributed by atoms with Crippen LogP contribution in [0.5, 0.6) is 5.75 Å². The van der Waals surface area contributed by atoms with Crippen LogP contribution in [0.2, 0.25) is 0 Å². The normalized spacial score (nSPS) is 14.1. The summed E-state index contributed by atoms with van der Waals surface area (Å²) in [7, 11) is 0. The molecule has 3 aromatic rings. The Kier molecular flexibility index (Phi) is 7.54. The highest BCUT2D eigenvalue weighted by molar-refractivity contribution is 7.18. The topological polar surface area (TPSA) is 87.7 Å². The van der Waals surface area contributed by atoms with Crippen molar-refractivity contribution in [3.63, 3.8) is 0 Å². The lowest BCUT2D eigenvalue weighted by molar-refractivity contribution is -0.135. The maximum atomic E-state index is 12.6. The second-order valence-electron chi connectivity index (χ2n) is 8.49. The number of piperazine rings is 1. The first-order valence-electron chi connectivity index (χ1n) is 11.3. The van der Waals surface area contributed by atoms with Crippen LogP contribution in [0.1, 0.15) is 16.7 Å². The molecule has 2 amide bonds. The first-order valence-corrected chi connectivity index (χ1v) is 12.1. The van der Waals surface area contributed by atoms with E-state index in [1.54, 1.807) is 4.90 Å². The summed E-state index contributed by atoms with van der Waals surface area (Å²) in [6.07, 6.45) is 0. The van der Waals surface area contributed by atoms with Gasteiger partial charge in [0.1, 0.15) is 10.8 Å². The summed E-state index contributed by atoms with van der Waals surface area (Å²) in [6.45, 7) is 8.66. The number of carbonyl (C=O) groups excluding carboxylic acids is 2. The molecule has 1 aliphatic rings. The van der Waals surface area contributed by atoms with E-state index in [0.29, 0.717) is 31.3 Å². The first kappa shape index (κ1) is 23.8. The molecule has 8 nitrogen and oxygen atoms in total. The van der Waals surface area contributed by atoms with Crippen molar-refractivity contribution in [2.45, 2.75) is 20.8 Å². The van der Waals surface area contributed by atoms with Crippen molar-refractivity contribution in [2.24, 2.45) is 0 Å². The summed E-state index contributed by atoms with van der Waals surface area (Å²) in [4.78, 5) is 28.9. The third-order valence-electron chi connectivity index (χ3n) is 5.83. The van der Waals surface area contributed by atoms with E-state index in [4.69, 9.17) is 4.74 Å². The Balaban J connectivity index is 1.22. The highest BCUT2D eigenvalue weighted by Gasteiger charge is 2.23. The second-order valence-corrected chi connectivity index (χ2v) is 9.47. The zero-order valence-electron chi connectivity index (χ0n) is 19.7. The highest BCUT2D eigenvalue weighted by atomic mass is 32.1. The average molecular weight is 480 g/mol. The second kappa shape index (κ2) is 10.8. The minimum absolute atomic E-state index is 0.0189. The predicted octanol–water partition coefficient (Wildman–Crippen LogP) is 3.29. The minimum atomic E-state index is -0.134. The number of aryl methyl sites for hydroxylation is 3. The Hall–Kier alpha value is -3.30. The molecule has 0 spiro atoms. The zero-order chi connectivity index (χ0) is 24.1. The number of hydrogen-bond acceptors (Lipinski definition) is 7. The highest BCUT2D eigenvalue weighted by Crippen LogP contribution is 2.28. The van der Waals surface area contributed by atoms with Crippen molar-refractivity contribution in [2.75, 3.05) is 44.6 Å². The van der Waals surface area contributed by atoms with Gasteiger partial charge in [-0.25, -0.2) is 0 Å². The molecule has 1 aliphatic heterocycles. The molecule has 0 radical (unpaired) electrons. The van der Waals surface area contributed by atoms with Crippen LogP contribution in [0.15, 0.2) is 42.5 Å². The molecule has 178 valence electrons. The van der Waals surface area contributed by atoms with Crippen LogP contribution >= 0.6 is 11.3 Å². The lowest BCUT2D eigenvalue weighted by atomic mass is 10.1. The summed E-state index contributed by atoms with van der Waals surface area (Å²) in [6, 6.07) is 13.9. The van der Waals surface area contributed by atoms with Crippen LogP contribution in [-0.4, -0.2) is 71.1 Å². The molecule has 0 aliphatic carbocycles. The van der Waals surface area contributed by atoms with E-state index in [0.717, 1.165) is 33.0 Å². The van der Waals surface area contributed by atoms with Crippen molar-refractivity contribution >= 4 is 28.3 Å². The van der Waals surface area contributed by atoms with Gasteiger partial charge in [-0.15, -0.1) is 10.2 Å². The molecule has 1 N–H and O–H groups in total. The molecule has 4 rings (SSSR count). The largest absolute Gasteiger partial charge is 0.483 e. The Bertz CT molecular complexity index is 1170. The van der Waals surface area contributed by atoms with E-state index in [2.05, 4.69) is 15.5 Å². The molecule has 1 saturated heterocycles. The van der Waals surface area contributed by atoms with E-state index in [1.165, 1.54) is 11.3 Å². The molecule has 2 aromatic carbocycles. The lowest BCUT2D eigenvalue weighted by Gasteiger charge is -2.34. The van der Waals surface area contributed by atoms with Crippen LogP contribution in [0.3, 0.4) is 0 Å². The van der Waals surface area contributed by atoms with Gasteiger partial charge >= 0.3 is 0 Å². The number of ether oxygens (including phenoxy) is 1. The average Bonchev–Trinajstić information content (AvgIpc) is 3.28. The van der Waals surface area contributed by atoms with Crippen LogP contribution in [0.4, 0.5) is 5.13 Å². The van der Waals surface area contributed by atoms with Gasteiger partial charge in [-0.05, 0) is 43.5 Å². The molecule has 0 bridgehead atoms. The summed E-state index contributed by atoms with van der Waals surface area (Å²) < 4.78 is 5.75. The molecule has 0 unspecified atom stereocenters. The third kappa shape index (κ3) is 5.98. The number of carbonyl (C=O) groups is 2. The molecule has 0 atom stereocenters. The summed E-state index contributed by atoms with van der Waals surface area (Å²) in [5.41, 5.74) is 4.24. The van der Waals surface area contributed by atoms with Gasteiger partial charge in [0.25, 0.3) is 5.91 Å². The Morgan fingerprint density at radius 3 is 2.53 bits per heavy atom. The van der Waals surface area contributed by atoms with E-state index in [-0.39, 0.29) is 25.0 Å². The van der Waals surface area contributed by atoms with E-state index >= 15 is 0 Å². The maximum absolute atomic E-state index is 12.6. The molecule has 0 saturated carbocycles. The van der Waals surface area contributed by atoms with Gasteiger partial charge in [0.15, 0.2) is 6.61 Å². The predicted molar refractivity (Wildman–Crippen MR) is 133 cm³/mol. The van der Waals surface area contributed by atoms with Crippen LogP contribution in [0, 0.1) is 20.8 Å². The fraction of sp³-hybridized carbons (Fsp3) is 0.360. The van der Waals surface area contributed by atoms with Gasteiger partial charge in [-0.2, -0.15) is 0 Å². The fourth-order valence-corrected chi connectivity index (χ4v) is 4.66. The standard InChI is InChI=1S/C25H29N5O3S/c1-17-8-9-19(3)21(14-17)33-16-23(32)30-12-10-29(11-13-30)15-22(31)26-25-28-27-24(34-25)20-7-5-4-6-18(20)2/h4-9,14H,10-13,15-16H2,1-3H3,(H,26,28,31). The number of hydrogen-bond donors (Lipinski definition) is 1. The molecule has 34 heavy (non-hydrogen) atoms. The smallest absolute Gasteiger partial charge is 0.260 e. The summed E-state index contributed by atoms with van der Waals surface area (Å²) >= 11 is 1.36. The number of nitrogens with zero attached hydrogens (tertiary/aromatic N) is 4. The van der Waals surface area contributed by atoms with E-state index in [1.807, 2.05) is 68.1 Å². The maximum Gasteiger partial charge on any atom is 0.260 e. The monoisotopic (exact) mass is 479 g/mol. The number of rotatable bonds is 7. The van der Waals surface area contributed by atoms with Gasteiger partial charge in [0.2, 0.25) is 11.0 Å². The molecular weight excluding hydrogens is 450 g/mol. The zero-order valence-corrected chi connectivity index (χ0v) is 20.5. The first-order chi connectivity index (χ1) is 16.4. The molecular formula is C25H29N5O3S. The van der Waals surface area contributed by atoms with Crippen molar-refractivity contribution < 1.29 is 14.3 Å². The summed E-state index contributed by atoms with van der Waals surface area (Å²) in [5, 5.41) is 12.4. The van der Waals surface area contributed by atoms with Gasteiger partial charge < -0.3 is 9.64 Å². The Morgan fingerprint density at radius 2 is 1.76 bits per heavy atom. The van der Waals surface area contributed by atoms with E-state index < -0.39 is 0 Å². The number of nitrogens with one attached hydrogen (secondary N) is 1. The van der Waals surface area contributed by atoms with Gasteiger partial charge in [0.05, 0.1) is 6.54 Å². The quantitative estimate of drug-likeness (QED) is 0.560. The molecule has 2 heterocycles. The summed E-state index contributed by atoms with van der Waals surface area (Å²) in [5.74, 6) is 0.569. The van der Waals surface area contributed by atoms with Crippen molar-refractivity contribution in [1.82, 2.24) is 20.0 Å².